The number of nitrogens with one attached hydrogen (secondary N) is 1. The molecule has 0 aromatic heterocycles. The molecule has 0 saturated carbocycles. The topological polar surface area (TPSA) is 41.6 Å². The lowest BCUT2D eigenvalue weighted by Gasteiger charge is -2.35. The Kier molecular flexibility index (Phi) is 4.89. The Labute approximate surface area is 125 Å². The van der Waals surface area contributed by atoms with Gasteiger partial charge in [-0.2, -0.15) is 0 Å². The number of carbonyl (C=O) groups is 1. The van der Waals surface area contributed by atoms with E-state index in [1.807, 2.05) is 29.2 Å². The van der Waals surface area contributed by atoms with E-state index in [1.165, 1.54) is 6.42 Å². The highest BCUT2D eigenvalue weighted by molar-refractivity contribution is 5.94. The SMILES string of the molecule is COc1cccc(C(=O)N2CCC3NCCC3C2)c1.Cl. The highest BCUT2D eigenvalue weighted by atomic mass is 35.5. The zero-order chi connectivity index (χ0) is 13.2. The molecule has 5 heteroatoms. The predicted molar refractivity (Wildman–Crippen MR) is 80.7 cm³/mol. The molecule has 2 saturated heterocycles. The van der Waals surface area contributed by atoms with Gasteiger partial charge in [-0.15, -0.1) is 12.4 Å². The summed E-state index contributed by atoms with van der Waals surface area (Å²) in [7, 11) is 1.62. The zero-order valence-electron chi connectivity index (χ0n) is 11.7. The van der Waals surface area contributed by atoms with Crippen molar-refractivity contribution in [1.82, 2.24) is 10.2 Å². The van der Waals surface area contributed by atoms with E-state index in [9.17, 15) is 4.79 Å². The maximum absolute atomic E-state index is 12.5. The molecule has 2 aliphatic rings. The summed E-state index contributed by atoms with van der Waals surface area (Å²) in [6.45, 7) is 2.83. The number of fused-ring (bicyclic) bond motifs is 1. The third kappa shape index (κ3) is 2.91. The van der Waals surface area contributed by atoms with Crippen LogP contribution in [-0.2, 0) is 0 Å². The lowest BCUT2D eigenvalue weighted by atomic mass is 9.93. The average molecular weight is 297 g/mol. The first-order chi connectivity index (χ1) is 9.28. The summed E-state index contributed by atoms with van der Waals surface area (Å²) in [5.41, 5.74) is 0.726. The van der Waals surface area contributed by atoms with Crippen molar-refractivity contribution in [1.29, 1.82) is 0 Å². The number of hydrogen-bond donors (Lipinski definition) is 1. The van der Waals surface area contributed by atoms with Crippen LogP contribution in [0.1, 0.15) is 23.2 Å². The Bertz CT molecular complexity index is 481. The second-order valence-electron chi connectivity index (χ2n) is 5.38. The third-order valence-electron chi connectivity index (χ3n) is 4.26. The minimum absolute atomic E-state index is 0. The second kappa shape index (κ2) is 6.46. The first-order valence-corrected chi connectivity index (χ1v) is 6.94. The van der Waals surface area contributed by atoms with E-state index in [0.29, 0.717) is 12.0 Å². The first kappa shape index (κ1) is 15.1. The Morgan fingerprint density at radius 2 is 2.25 bits per heavy atom. The van der Waals surface area contributed by atoms with Gasteiger partial charge in [0.15, 0.2) is 0 Å². The fourth-order valence-corrected chi connectivity index (χ4v) is 3.17. The summed E-state index contributed by atoms with van der Waals surface area (Å²) in [6, 6.07) is 8.04. The highest BCUT2D eigenvalue weighted by Gasteiger charge is 2.34. The largest absolute Gasteiger partial charge is 0.497 e. The van der Waals surface area contributed by atoms with Crippen molar-refractivity contribution >= 4 is 18.3 Å². The van der Waals surface area contributed by atoms with Gasteiger partial charge in [-0.1, -0.05) is 6.07 Å². The van der Waals surface area contributed by atoms with E-state index in [-0.39, 0.29) is 18.3 Å². The molecule has 20 heavy (non-hydrogen) atoms. The van der Waals surface area contributed by atoms with Gasteiger partial charge >= 0.3 is 0 Å². The zero-order valence-corrected chi connectivity index (χ0v) is 12.5. The van der Waals surface area contributed by atoms with E-state index in [1.54, 1.807) is 7.11 Å². The Hall–Kier alpha value is -1.26. The molecule has 1 N–H and O–H groups in total. The van der Waals surface area contributed by atoms with Crippen LogP contribution in [0.4, 0.5) is 0 Å². The molecule has 3 rings (SSSR count). The maximum atomic E-state index is 12.5. The van der Waals surface area contributed by atoms with Crippen molar-refractivity contribution in [3.8, 4) is 5.75 Å². The monoisotopic (exact) mass is 296 g/mol. The van der Waals surface area contributed by atoms with Crippen molar-refractivity contribution in [2.24, 2.45) is 5.92 Å². The number of piperidine rings is 1. The van der Waals surface area contributed by atoms with Gasteiger partial charge in [-0.25, -0.2) is 0 Å². The minimum Gasteiger partial charge on any atom is -0.497 e. The summed E-state index contributed by atoms with van der Waals surface area (Å²) >= 11 is 0. The van der Waals surface area contributed by atoms with E-state index in [0.717, 1.165) is 37.4 Å². The van der Waals surface area contributed by atoms with Crippen LogP contribution >= 0.6 is 12.4 Å². The fourth-order valence-electron chi connectivity index (χ4n) is 3.17. The van der Waals surface area contributed by atoms with Gasteiger partial charge in [0.25, 0.3) is 5.91 Å². The number of amides is 1. The van der Waals surface area contributed by atoms with Crippen molar-refractivity contribution < 1.29 is 9.53 Å². The predicted octanol–water partition coefficient (Wildman–Crippen LogP) is 1.94. The molecule has 2 heterocycles. The first-order valence-electron chi connectivity index (χ1n) is 6.94. The molecule has 1 amide bonds. The third-order valence-corrected chi connectivity index (χ3v) is 4.26. The number of ether oxygens (including phenoxy) is 1. The quantitative estimate of drug-likeness (QED) is 0.907. The fraction of sp³-hybridized carbons (Fsp3) is 0.533. The van der Waals surface area contributed by atoms with E-state index in [4.69, 9.17) is 4.74 Å². The van der Waals surface area contributed by atoms with Crippen LogP contribution in [-0.4, -0.2) is 43.6 Å². The normalized spacial score (nSPS) is 24.8. The minimum atomic E-state index is 0. The van der Waals surface area contributed by atoms with Crippen molar-refractivity contribution in [2.45, 2.75) is 18.9 Å². The molecule has 4 nitrogen and oxygen atoms in total. The molecular formula is C15H21ClN2O2. The Morgan fingerprint density at radius 1 is 1.40 bits per heavy atom. The van der Waals surface area contributed by atoms with Gasteiger partial charge in [0, 0.05) is 24.7 Å². The number of methoxy groups -OCH3 is 1. The van der Waals surface area contributed by atoms with Gasteiger partial charge in [-0.3, -0.25) is 4.79 Å². The molecule has 2 atom stereocenters. The smallest absolute Gasteiger partial charge is 0.253 e. The van der Waals surface area contributed by atoms with E-state index < -0.39 is 0 Å². The number of carbonyl (C=O) groups excluding carboxylic acids is 1. The molecule has 0 aliphatic carbocycles. The summed E-state index contributed by atoms with van der Waals surface area (Å²) < 4.78 is 5.18. The molecule has 2 fully saturated rings. The Balaban J connectivity index is 0.00000147. The van der Waals surface area contributed by atoms with Gasteiger partial charge in [-0.05, 0) is 43.5 Å². The molecule has 0 radical (unpaired) electrons. The summed E-state index contributed by atoms with van der Waals surface area (Å²) in [5, 5.41) is 3.52. The molecule has 2 unspecified atom stereocenters. The number of rotatable bonds is 2. The maximum Gasteiger partial charge on any atom is 0.253 e. The van der Waals surface area contributed by atoms with Crippen molar-refractivity contribution in [2.75, 3.05) is 26.7 Å². The summed E-state index contributed by atoms with van der Waals surface area (Å²) in [5.74, 6) is 1.50. The van der Waals surface area contributed by atoms with Crippen LogP contribution in [0.2, 0.25) is 0 Å². The number of benzene rings is 1. The second-order valence-corrected chi connectivity index (χ2v) is 5.38. The molecule has 2 aliphatic heterocycles. The Morgan fingerprint density at radius 3 is 3.05 bits per heavy atom. The standard InChI is InChI=1S/C15H20N2O2.ClH/c1-19-13-4-2-3-11(9-13)15(18)17-8-6-14-12(10-17)5-7-16-14;/h2-4,9,12,14,16H,5-8,10H2,1H3;1H. The molecule has 0 spiro atoms. The van der Waals surface area contributed by atoms with Gasteiger partial charge in [0.05, 0.1) is 7.11 Å². The molecular weight excluding hydrogens is 276 g/mol. The van der Waals surface area contributed by atoms with Crippen molar-refractivity contribution in [3.05, 3.63) is 29.8 Å². The van der Waals surface area contributed by atoms with Gasteiger partial charge in [0.1, 0.15) is 5.75 Å². The van der Waals surface area contributed by atoms with Crippen LogP contribution in [0.15, 0.2) is 24.3 Å². The lowest BCUT2D eigenvalue weighted by Crippen LogP contribution is -2.46. The lowest BCUT2D eigenvalue weighted by molar-refractivity contribution is 0.0661. The molecule has 1 aromatic rings. The van der Waals surface area contributed by atoms with Gasteiger partial charge in [0.2, 0.25) is 0 Å². The summed E-state index contributed by atoms with van der Waals surface area (Å²) in [6.07, 6.45) is 2.26. The van der Waals surface area contributed by atoms with Crippen LogP contribution in [0.25, 0.3) is 0 Å². The molecule has 110 valence electrons. The van der Waals surface area contributed by atoms with Crippen LogP contribution in [0.5, 0.6) is 5.75 Å². The van der Waals surface area contributed by atoms with Crippen LogP contribution in [0.3, 0.4) is 0 Å². The number of likely N-dealkylation sites (tertiary alicyclic amines) is 1. The summed E-state index contributed by atoms with van der Waals surface area (Å²) in [4.78, 5) is 14.5. The molecule has 1 aromatic carbocycles. The average Bonchev–Trinajstić information content (AvgIpc) is 2.94. The number of nitrogens with zero attached hydrogens (tertiary/aromatic N) is 1. The highest BCUT2D eigenvalue weighted by Crippen LogP contribution is 2.26. The van der Waals surface area contributed by atoms with Crippen LogP contribution in [0, 0.1) is 5.92 Å². The van der Waals surface area contributed by atoms with Gasteiger partial charge < -0.3 is 15.0 Å². The van der Waals surface area contributed by atoms with E-state index >= 15 is 0 Å². The van der Waals surface area contributed by atoms with Crippen LogP contribution < -0.4 is 10.1 Å². The molecule has 0 bridgehead atoms. The van der Waals surface area contributed by atoms with E-state index in [2.05, 4.69) is 5.32 Å². The van der Waals surface area contributed by atoms with Crippen molar-refractivity contribution in [3.63, 3.8) is 0 Å². The number of halogens is 1. The number of hydrogen-bond acceptors (Lipinski definition) is 3.